The lowest BCUT2D eigenvalue weighted by molar-refractivity contribution is 0.577. The van der Waals surface area contributed by atoms with Gasteiger partial charge in [-0.1, -0.05) is 61.5 Å². The van der Waals surface area contributed by atoms with Gasteiger partial charge in [0.05, 0.1) is 0 Å². The van der Waals surface area contributed by atoms with Crippen LogP contribution in [0.2, 0.25) is 0 Å². The molecule has 0 spiro atoms. The summed E-state index contributed by atoms with van der Waals surface area (Å²) in [5.74, 6) is 0.679. The highest BCUT2D eigenvalue weighted by Crippen LogP contribution is 2.13. The van der Waals surface area contributed by atoms with Gasteiger partial charge in [-0.05, 0) is 36.0 Å². The maximum Gasteiger partial charge on any atom is -0.0181 e. The third kappa shape index (κ3) is 3.23. The molecular weight excluding hydrogens is 192 g/mol. The van der Waals surface area contributed by atoms with Gasteiger partial charge in [0.25, 0.3) is 0 Å². The first-order chi connectivity index (χ1) is 7.84. The van der Waals surface area contributed by atoms with Crippen LogP contribution in [0.4, 0.5) is 0 Å². The maximum absolute atomic E-state index is 3.13. The van der Waals surface area contributed by atoms with Gasteiger partial charge < -0.3 is 0 Å². The molecule has 2 aromatic carbocycles. The van der Waals surface area contributed by atoms with E-state index in [1.807, 2.05) is 6.07 Å². The SMILES string of the molecule is CC(Cc1c[c]ccc1)Cc1ccccc1. The van der Waals surface area contributed by atoms with Crippen molar-refractivity contribution in [3.05, 3.63) is 71.8 Å². The molecule has 0 amide bonds. The molecule has 2 rings (SSSR count). The predicted octanol–water partition coefficient (Wildman–Crippen LogP) is 3.91. The monoisotopic (exact) mass is 209 g/mol. The molecule has 81 valence electrons. The average molecular weight is 209 g/mol. The predicted molar refractivity (Wildman–Crippen MR) is 68.3 cm³/mol. The third-order valence-corrected chi connectivity index (χ3v) is 2.78. The highest BCUT2D eigenvalue weighted by Gasteiger charge is 2.04. The second kappa shape index (κ2) is 5.50. The van der Waals surface area contributed by atoms with Crippen LogP contribution >= 0.6 is 0 Å². The molecule has 0 aliphatic rings. The van der Waals surface area contributed by atoms with E-state index in [2.05, 4.69) is 61.5 Å². The van der Waals surface area contributed by atoms with Crippen LogP contribution < -0.4 is 0 Å². The standard InChI is InChI=1S/C16H17/c1-14(12-15-8-4-2-5-9-15)13-16-10-6-3-7-11-16/h2-6,8-11,14H,12-13H2,1H3. The van der Waals surface area contributed by atoms with Crippen LogP contribution in [-0.4, -0.2) is 0 Å². The summed E-state index contributed by atoms with van der Waals surface area (Å²) in [6, 6.07) is 22.1. The number of rotatable bonds is 4. The largest absolute Gasteiger partial charge is 0.0622 e. The zero-order valence-electron chi connectivity index (χ0n) is 9.69. The van der Waals surface area contributed by atoms with Crippen molar-refractivity contribution in [3.63, 3.8) is 0 Å². The van der Waals surface area contributed by atoms with Crippen molar-refractivity contribution < 1.29 is 0 Å². The van der Waals surface area contributed by atoms with Gasteiger partial charge in [-0.15, -0.1) is 0 Å². The fourth-order valence-corrected chi connectivity index (χ4v) is 2.05. The van der Waals surface area contributed by atoms with E-state index < -0.39 is 0 Å². The molecule has 16 heavy (non-hydrogen) atoms. The summed E-state index contributed by atoms with van der Waals surface area (Å²) in [5.41, 5.74) is 2.81. The molecule has 2 aromatic rings. The number of hydrogen-bond donors (Lipinski definition) is 0. The Labute approximate surface area is 97.9 Å². The Morgan fingerprint density at radius 1 is 0.938 bits per heavy atom. The molecule has 0 saturated carbocycles. The lowest BCUT2D eigenvalue weighted by atomic mass is 9.94. The van der Waals surface area contributed by atoms with Gasteiger partial charge in [0.2, 0.25) is 0 Å². The molecule has 0 fully saturated rings. The molecular formula is C16H17. The minimum atomic E-state index is 0.679. The Bertz CT molecular complexity index is 361. The van der Waals surface area contributed by atoms with Gasteiger partial charge in [-0.3, -0.25) is 0 Å². The summed E-state index contributed by atoms with van der Waals surface area (Å²) >= 11 is 0. The Kier molecular flexibility index (Phi) is 3.76. The summed E-state index contributed by atoms with van der Waals surface area (Å²) in [6.45, 7) is 2.31. The molecule has 0 aliphatic carbocycles. The van der Waals surface area contributed by atoms with E-state index in [9.17, 15) is 0 Å². The zero-order chi connectivity index (χ0) is 11.2. The molecule has 1 unspecified atom stereocenters. The number of hydrogen-bond acceptors (Lipinski definition) is 0. The van der Waals surface area contributed by atoms with Gasteiger partial charge in [-0.25, -0.2) is 0 Å². The molecule has 0 heterocycles. The second-order valence-corrected chi connectivity index (χ2v) is 4.41. The van der Waals surface area contributed by atoms with Crippen LogP contribution in [0.3, 0.4) is 0 Å². The first-order valence-corrected chi connectivity index (χ1v) is 5.83. The highest BCUT2D eigenvalue weighted by atomic mass is 14.1. The van der Waals surface area contributed by atoms with Crippen molar-refractivity contribution in [3.8, 4) is 0 Å². The summed E-state index contributed by atoms with van der Waals surface area (Å²) in [5, 5.41) is 0. The van der Waals surface area contributed by atoms with Crippen LogP contribution in [0.25, 0.3) is 0 Å². The van der Waals surface area contributed by atoms with Crippen molar-refractivity contribution in [2.24, 2.45) is 5.92 Å². The van der Waals surface area contributed by atoms with E-state index >= 15 is 0 Å². The van der Waals surface area contributed by atoms with E-state index in [1.165, 1.54) is 11.1 Å². The van der Waals surface area contributed by atoms with Crippen LogP contribution in [0.15, 0.2) is 54.6 Å². The first kappa shape index (κ1) is 10.9. The topological polar surface area (TPSA) is 0 Å². The van der Waals surface area contributed by atoms with Crippen LogP contribution in [0, 0.1) is 12.0 Å². The van der Waals surface area contributed by atoms with E-state index in [-0.39, 0.29) is 0 Å². The maximum atomic E-state index is 3.13. The smallest absolute Gasteiger partial charge is 0.0181 e. The summed E-state index contributed by atoms with van der Waals surface area (Å²) < 4.78 is 0. The van der Waals surface area contributed by atoms with E-state index in [4.69, 9.17) is 0 Å². The molecule has 0 heteroatoms. The Morgan fingerprint density at radius 2 is 1.62 bits per heavy atom. The van der Waals surface area contributed by atoms with Crippen molar-refractivity contribution >= 4 is 0 Å². The van der Waals surface area contributed by atoms with Gasteiger partial charge in [0, 0.05) is 0 Å². The van der Waals surface area contributed by atoms with E-state index in [0.717, 1.165) is 12.8 Å². The van der Waals surface area contributed by atoms with E-state index in [0.29, 0.717) is 5.92 Å². The van der Waals surface area contributed by atoms with Crippen molar-refractivity contribution in [1.82, 2.24) is 0 Å². The number of benzene rings is 2. The Hall–Kier alpha value is -1.56. The summed E-state index contributed by atoms with van der Waals surface area (Å²) in [6.07, 6.45) is 2.28. The fourth-order valence-electron chi connectivity index (χ4n) is 2.05. The first-order valence-electron chi connectivity index (χ1n) is 5.83. The van der Waals surface area contributed by atoms with Gasteiger partial charge in [0.1, 0.15) is 0 Å². The van der Waals surface area contributed by atoms with Crippen LogP contribution in [-0.2, 0) is 12.8 Å². The fraction of sp³-hybridized carbons (Fsp3) is 0.250. The van der Waals surface area contributed by atoms with Gasteiger partial charge in [-0.2, -0.15) is 0 Å². The minimum Gasteiger partial charge on any atom is -0.0622 e. The van der Waals surface area contributed by atoms with Crippen molar-refractivity contribution in [2.75, 3.05) is 0 Å². The summed E-state index contributed by atoms with van der Waals surface area (Å²) in [4.78, 5) is 0. The average Bonchev–Trinajstić information content (AvgIpc) is 2.31. The molecule has 0 aromatic heterocycles. The molecule has 0 nitrogen and oxygen atoms in total. The quantitative estimate of drug-likeness (QED) is 0.716. The normalized spacial score (nSPS) is 10.6. The summed E-state index contributed by atoms with van der Waals surface area (Å²) in [7, 11) is 0. The lowest BCUT2D eigenvalue weighted by Crippen LogP contribution is -2.03. The van der Waals surface area contributed by atoms with Crippen molar-refractivity contribution in [2.45, 2.75) is 19.8 Å². The molecule has 1 atom stereocenters. The van der Waals surface area contributed by atoms with Crippen LogP contribution in [0.5, 0.6) is 0 Å². The Balaban J connectivity index is 1.92. The van der Waals surface area contributed by atoms with Crippen LogP contribution in [0.1, 0.15) is 18.1 Å². The Morgan fingerprint density at radius 3 is 2.31 bits per heavy atom. The molecule has 0 bridgehead atoms. The molecule has 0 N–H and O–H groups in total. The highest BCUT2D eigenvalue weighted by molar-refractivity contribution is 5.17. The van der Waals surface area contributed by atoms with Gasteiger partial charge >= 0.3 is 0 Å². The molecule has 1 radical (unpaired) electrons. The molecule has 0 aliphatic heterocycles. The third-order valence-electron chi connectivity index (χ3n) is 2.78. The molecule has 0 saturated heterocycles. The van der Waals surface area contributed by atoms with Crippen molar-refractivity contribution in [1.29, 1.82) is 0 Å². The zero-order valence-corrected chi connectivity index (χ0v) is 9.69. The lowest BCUT2D eigenvalue weighted by Gasteiger charge is -2.11. The van der Waals surface area contributed by atoms with E-state index in [1.54, 1.807) is 0 Å². The second-order valence-electron chi connectivity index (χ2n) is 4.41. The minimum absolute atomic E-state index is 0.679. The van der Waals surface area contributed by atoms with Gasteiger partial charge in [0.15, 0.2) is 0 Å².